The summed E-state index contributed by atoms with van der Waals surface area (Å²) in [6.45, 7) is 6.49. The summed E-state index contributed by atoms with van der Waals surface area (Å²) in [6, 6.07) is 18.4. The standard InChI is InChI=1S/C25H34N2O2.2ClH/c1-20(21-11-13-23(14-12-21)29-22-8-4-3-5-9-22)25(28)15-7-6-10-24(25)27-18-16-26(2)17-19-27;;/h3-5,8-9,11-14,20,24,28H,6-7,10,15-19H2,1-2H3;2*1H. The lowest BCUT2D eigenvalue weighted by molar-refractivity contribution is -0.0966. The van der Waals surface area contributed by atoms with Crippen LogP contribution in [0.3, 0.4) is 0 Å². The zero-order valence-electron chi connectivity index (χ0n) is 18.6. The zero-order valence-corrected chi connectivity index (χ0v) is 20.2. The summed E-state index contributed by atoms with van der Waals surface area (Å²) < 4.78 is 5.93. The first-order chi connectivity index (χ1) is 14.1. The van der Waals surface area contributed by atoms with Crippen LogP contribution in [0.1, 0.15) is 44.1 Å². The second kappa shape index (κ2) is 11.5. The van der Waals surface area contributed by atoms with Crippen molar-refractivity contribution in [3.8, 4) is 11.5 Å². The summed E-state index contributed by atoms with van der Waals surface area (Å²) in [5, 5.41) is 11.9. The number of ether oxygens (including phenoxy) is 1. The SMILES string of the molecule is CC(c1ccc(Oc2ccccc2)cc1)C1(O)CCCCC1N1CCN(C)CC1.Cl.Cl. The molecule has 2 fully saturated rings. The van der Waals surface area contributed by atoms with Crippen LogP contribution < -0.4 is 4.74 Å². The molecule has 0 spiro atoms. The van der Waals surface area contributed by atoms with Gasteiger partial charge in [0.1, 0.15) is 11.5 Å². The molecule has 2 aliphatic rings. The van der Waals surface area contributed by atoms with E-state index in [1.165, 1.54) is 12.0 Å². The number of hydrogen-bond acceptors (Lipinski definition) is 4. The molecule has 1 saturated carbocycles. The highest BCUT2D eigenvalue weighted by molar-refractivity contribution is 5.85. The van der Waals surface area contributed by atoms with E-state index < -0.39 is 5.60 Å². The highest BCUT2D eigenvalue weighted by atomic mass is 35.5. The lowest BCUT2D eigenvalue weighted by atomic mass is 9.70. The van der Waals surface area contributed by atoms with Gasteiger partial charge in [0.25, 0.3) is 0 Å². The van der Waals surface area contributed by atoms with Gasteiger partial charge in [-0.05, 0) is 49.7 Å². The summed E-state index contributed by atoms with van der Waals surface area (Å²) in [6.07, 6.45) is 4.31. The maximum atomic E-state index is 11.9. The molecule has 31 heavy (non-hydrogen) atoms. The molecule has 6 heteroatoms. The number of nitrogens with zero attached hydrogens (tertiary/aromatic N) is 2. The van der Waals surface area contributed by atoms with Gasteiger partial charge in [-0.25, -0.2) is 0 Å². The Morgan fingerprint density at radius 1 is 0.903 bits per heavy atom. The molecule has 172 valence electrons. The second-order valence-electron chi connectivity index (χ2n) is 8.80. The summed E-state index contributed by atoms with van der Waals surface area (Å²) in [5.41, 5.74) is 0.518. The third kappa shape index (κ3) is 5.94. The van der Waals surface area contributed by atoms with Gasteiger partial charge in [-0.15, -0.1) is 24.8 Å². The summed E-state index contributed by atoms with van der Waals surface area (Å²) in [4.78, 5) is 4.93. The number of hydrogen-bond donors (Lipinski definition) is 1. The number of likely N-dealkylation sites (N-methyl/N-ethyl adjacent to an activating group) is 1. The van der Waals surface area contributed by atoms with Crippen LogP contribution in [0.15, 0.2) is 54.6 Å². The topological polar surface area (TPSA) is 35.9 Å². The van der Waals surface area contributed by atoms with Gasteiger partial charge in [0.05, 0.1) is 5.60 Å². The van der Waals surface area contributed by atoms with Gasteiger partial charge in [0.15, 0.2) is 0 Å². The predicted molar refractivity (Wildman–Crippen MR) is 132 cm³/mol. The van der Waals surface area contributed by atoms with Gasteiger partial charge in [-0.3, -0.25) is 4.90 Å². The minimum absolute atomic E-state index is 0. The lowest BCUT2D eigenvalue weighted by Gasteiger charge is -2.51. The van der Waals surface area contributed by atoms with Crippen molar-refractivity contribution in [2.45, 2.75) is 50.2 Å². The van der Waals surface area contributed by atoms with E-state index in [9.17, 15) is 5.11 Å². The molecule has 2 aromatic carbocycles. The van der Waals surface area contributed by atoms with Gasteiger partial charge < -0.3 is 14.7 Å². The Hall–Kier alpha value is -1.30. The third-order valence-electron chi connectivity index (χ3n) is 6.97. The average Bonchev–Trinajstić information content (AvgIpc) is 2.76. The molecule has 2 aromatic rings. The smallest absolute Gasteiger partial charge is 0.127 e. The first kappa shape index (κ1) is 26.0. The number of benzene rings is 2. The Morgan fingerprint density at radius 2 is 1.52 bits per heavy atom. The Morgan fingerprint density at radius 3 is 2.16 bits per heavy atom. The Bertz CT molecular complexity index is 782. The molecule has 1 aliphatic heterocycles. The second-order valence-corrected chi connectivity index (χ2v) is 8.80. The van der Waals surface area contributed by atoms with E-state index in [1.807, 2.05) is 42.5 Å². The molecule has 3 atom stereocenters. The summed E-state index contributed by atoms with van der Waals surface area (Å²) in [5.74, 6) is 1.77. The lowest BCUT2D eigenvalue weighted by Crippen LogP contribution is -2.60. The molecule has 1 heterocycles. The number of para-hydroxylation sites is 1. The molecular weight excluding hydrogens is 431 g/mol. The van der Waals surface area contributed by atoms with Crippen molar-refractivity contribution in [2.75, 3.05) is 33.2 Å². The van der Waals surface area contributed by atoms with Gasteiger partial charge in [0.2, 0.25) is 0 Å². The fourth-order valence-corrected chi connectivity index (χ4v) is 5.04. The normalized spacial score (nSPS) is 25.7. The number of rotatable bonds is 5. The van der Waals surface area contributed by atoms with E-state index in [0.29, 0.717) is 0 Å². The van der Waals surface area contributed by atoms with Crippen LogP contribution in [0.25, 0.3) is 0 Å². The molecule has 0 aromatic heterocycles. The van der Waals surface area contributed by atoms with E-state index in [0.717, 1.165) is 56.9 Å². The summed E-state index contributed by atoms with van der Waals surface area (Å²) >= 11 is 0. The third-order valence-corrected chi connectivity index (χ3v) is 6.97. The molecule has 4 rings (SSSR count). The van der Waals surface area contributed by atoms with Crippen LogP contribution in [0.2, 0.25) is 0 Å². The number of piperazine rings is 1. The molecule has 4 nitrogen and oxygen atoms in total. The predicted octanol–water partition coefficient (Wildman–Crippen LogP) is 5.35. The van der Waals surface area contributed by atoms with Crippen molar-refractivity contribution < 1.29 is 9.84 Å². The maximum Gasteiger partial charge on any atom is 0.127 e. The molecule has 3 unspecified atom stereocenters. The molecule has 0 radical (unpaired) electrons. The van der Waals surface area contributed by atoms with Crippen LogP contribution in [0.5, 0.6) is 11.5 Å². The molecule has 0 amide bonds. The molecule has 0 bridgehead atoms. The maximum absolute atomic E-state index is 11.9. The largest absolute Gasteiger partial charge is 0.457 e. The van der Waals surface area contributed by atoms with E-state index in [-0.39, 0.29) is 36.8 Å². The van der Waals surface area contributed by atoms with Crippen LogP contribution in [0, 0.1) is 0 Å². The minimum atomic E-state index is -0.671. The van der Waals surface area contributed by atoms with Crippen LogP contribution in [-0.4, -0.2) is 59.8 Å². The van der Waals surface area contributed by atoms with Gasteiger partial charge in [-0.1, -0.05) is 50.1 Å². The van der Waals surface area contributed by atoms with Crippen LogP contribution in [-0.2, 0) is 0 Å². The first-order valence-electron chi connectivity index (χ1n) is 11.0. The van der Waals surface area contributed by atoms with Crippen molar-refractivity contribution in [3.63, 3.8) is 0 Å². The zero-order chi connectivity index (χ0) is 20.3. The Kier molecular flexibility index (Phi) is 9.66. The molecule has 1 aliphatic carbocycles. The Labute approximate surface area is 199 Å². The number of halogens is 2. The highest BCUT2D eigenvalue weighted by Gasteiger charge is 2.46. The molecule has 1 N–H and O–H groups in total. The van der Waals surface area contributed by atoms with Crippen molar-refractivity contribution in [2.24, 2.45) is 0 Å². The minimum Gasteiger partial charge on any atom is -0.457 e. The molecule has 1 saturated heterocycles. The fourth-order valence-electron chi connectivity index (χ4n) is 5.04. The van der Waals surface area contributed by atoms with Crippen LogP contribution in [0.4, 0.5) is 0 Å². The number of aliphatic hydroxyl groups is 1. The van der Waals surface area contributed by atoms with Gasteiger partial charge >= 0.3 is 0 Å². The fraction of sp³-hybridized carbons (Fsp3) is 0.520. The van der Waals surface area contributed by atoms with Gasteiger partial charge in [-0.2, -0.15) is 0 Å². The highest BCUT2D eigenvalue weighted by Crippen LogP contribution is 2.42. The van der Waals surface area contributed by atoms with Crippen molar-refractivity contribution in [3.05, 3.63) is 60.2 Å². The van der Waals surface area contributed by atoms with Crippen molar-refractivity contribution >= 4 is 24.8 Å². The average molecular weight is 467 g/mol. The summed E-state index contributed by atoms with van der Waals surface area (Å²) in [7, 11) is 2.19. The van der Waals surface area contributed by atoms with E-state index in [2.05, 4.69) is 35.9 Å². The van der Waals surface area contributed by atoms with Crippen molar-refractivity contribution in [1.82, 2.24) is 9.80 Å². The van der Waals surface area contributed by atoms with Crippen molar-refractivity contribution in [1.29, 1.82) is 0 Å². The molecular formula is C25H36Cl2N2O2. The first-order valence-corrected chi connectivity index (χ1v) is 11.0. The van der Waals surface area contributed by atoms with Gasteiger partial charge in [0, 0.05) is 38.1 Å². The van der Waals surface area contributed by atoms with E-state index >= 15 is 0 Å². The quantitative estimate of drug-likeness (QED) is 0.644. The van der Waals surface area contributed by atoms with E-state index in [1.54, 1.807) is 0 Å². The monoisotopic (exact) mass is 466 g/mol. The Balaban J connectivity index is 0.00000171. The van der Waals surface area contributed by atoms with Crippen LogP contribution >= 0.6 is 24.8 Å². The van der Waals surface area contributed by atoms with E-state index in [4.69, 9.17) is 4.74 Å².